The van der Waals surface area contributed by atoms with Crippen molar-refractivity contribution in [1.29, 1.82) is 0 Å². The molecule has 20 heavy (non-hydrogen) atoms. The number of rotatable bonds is 3. The average Bonchev–Trinajstić information content (AvgIpc) is 3.01. The van der Waals surface area contributed by atoms with Gasteiger partial charge in [-0.25, -0.2) is 4.79 Å². The molecule has 0 aliphatic heterocycles. The second kappa shape index (κ2) is 4.76. The Bertz CT molecular complexity index is 800. The lowest BCUT2D eigenvalue weighted by molar-refractivity contribution is 0.354. The van der Waals surface area contributed by atoms with Crippen molar-refractivity contribution >= 4 is 0 Å². The summed E-state index contributed by atoms with van der Waals surface area (Å²) < 4.78 is 11.0. The summed E-state index contributed by atoms with van der Waals surface area (Å²) in [6.45, 7) is 3.81. The number of aryl methyl sites for hydroxylation is 2. The molecule has 0 saturated heterocycles. The Balaban J connectivity index is 1.89. The topological polar surface area (TPSA) is 87.0 Å². The Labute approximate surface area is 113 Å². The fraction of sp³-hybridized carbons (Fsp3) is 0.231. The summed E-state index contributed by atoms with van der Waals surface area (Å²) >= 11 is 0. The highest BCUT2D eigenvalue weighted by atomic mass is 16.5. The molecule has 7 heteroatoms. The number of benzene rings is 1. The van der Waals surface area contributed by atoms with Crippen LogP contribution in [0.1, 0.15) is 17.3 Å². The molecular weight excluding hydrogens is 260 g/mol. The van der Waals surface area contributed by atoms with Crippen LogP contribution in [-0.4, -0.2) is 19.9 Å². The lowest BCUT2D eigenvalue weighted by Crippen LogP contribution is -2.16. The quantitative estimate of drug-likeness (QED) is 0.719. The predicted octanol–water partition coefficient (Wildman–Crippen LogP) is 1.55. The van der Waals surface area contributed by atoms with Crippen molar-refractivity contribution < 1.29 is 9.05 Å². The van der Waals surface area contributed by atoms with Gasteiger partial charge in [-0.15, -0.1) is 0 Å². The van der Waals surface area contributed by atoms with Crippen molar-refractivity contribution in [3.8, 4) is 11.4 Å². The lowest BCUT2D eigenvalue weighted by Gasteiger charge is -1.96. The molecule has 3 rings (SSSR count). The molecule has 0 unspecified atom stereocenters. The zero-order valence-corrected chi connectivity index (χ0v) is 11.0. The van der Waals surface area contributed by atoms with Gasteiger partial charge in [-0.05, 0) is 19.9 Å². The second-order valence-corrected chi connectivity index (χ2v) is 4.46. The minimum absolute atomic E-state index is 0.146. The van der Waals surface area contributed by atoms with Crippen LogP contribution in [0.3, 0.4) is 0 Å². The van der Waals surface area contributed by atoms with E-state index < -0.39 is 5.76 Å². The first-order valence-electron chi connectivity index (χ1n) is 6.06. The first-order chi connectivity index (χ1) is 9.63. The minimum atomic E-state index is -0.544. The second-order valence-electron chi connectivity index (χ2n) is 4.46. The summed E-state index contributed by atoms with van der Waals surface area (Å²) in [5.41, 5.74) is 1.98. The number of nitrogens with zero attached hydrogens (tertiary/aromatic N) is 4. The number of hydrogen-bond acceptors (Lipinski definition) is 6. The van der Waals surface area contributed by atoms with E-state index >= 15 is 0 Å². The smallest absolute Gasteiger partial charge is 0.337 e. The normalized spacial score (nSPS) is 10.9. The van der Waals surface area contributed by atoms with Crippen LogP contribution in [0.15, 0.2) is 38.1 Å². The van der Waals surface area contributed by atoms with Crippen LogP contribution in [0.2, 0.25) is 0 Å². The zero-order valence-electron chi connectivity index (χ0n) is 11.0. The molecule has 0 N–H and O–H groups in total. The molecule has 0 saturated carbocycles. The van der Waals surface area contributed by atoms with Gasteiger partial charge in [0.25, 0.3) is 0 Å². The molecule has 0 aliphatic carbocycles. The Hall–Kier alpha value is -2.70. The molecule has 0 atom stereocenters. The van der Waals surface area contributed by atoms with Gasteiger partial charge in [0.1, 0.15) is 6.54 Å². The van der Waals surface area contributed by atoms with Gasteiger partial charge in [0.2, 0.25) is 11.7 Å². The lowest BCUT2D eigenvalue weighted by atomic mass is 10.1. The maximum absolute atomic E-state index is 11.4. The van der Waals surface area contributed by atoms with E-state index in [4.69, 9.17) is 4.52 Å². The maximum Gasteiger partial charge on any atom is 0.442 e. The Kier molecular flexibility index (Phi) is 2.94. The molecule has 0 spiro atoms. The van der Waals surface area contributed by atoms with Crippen molar-refractivity contribution in [2.75, 3.05) is 0 Å². The molecule has 2 aromatic heterocycles. The van der Waals surface area contributed by atoms with Gasteiger partial charge in [-0.2, -0.15) is 4.98 Å². The van der Waals surface area contributed by atoms with E-state index in [-0.39, 0.29) is 6.54 Å². The molecule has 1 aromatic carbocycles. The molecule has 0 radical (unpaired) electrons. The van der Waals surface area contributed by atoms with E-state index in [1.165, 1.54) is 4.57 Å². The Morgan fingerprint density at radius 1 is 1.20 bits per heavy atom. The largest absolute Gasteiger partial charge is 0.442 e. The van der Waals surface area contributed by atoms with Crippen molar-refractivity contribution in [2.24, 2.45) is 0 Å². The Morgan fingerprint density at radius 2 is 2.05 bits per heavy atom. The van der Waals surface area contributed by atoms with Gasteiger partial charge in [0.05, 0.1) is 0 Å². The molecule has 0 bridgehead atoms. The Morgan fingerprint density at radius 3 is 2.75 bits per heavy atom. The van der Waals surface area contributed by atoms with E-state index in [2.05, 4.69) is 19.8 Å². The van der Waals surface area contributed by atoms with Crippen molar-refractivity contribution in [1.82, 2.24) is 19.9 Å². The van der Waals surface area contributed by atoms with Crippen LogP contribution in [0.4, 0.5) is 0 Å². The summed E-state index contributed by atoms with van der Waals surface area (Å²) in [5.74, 6) is 0.740. The summed E-state index contributed by atoms with van der Waals surface area (Å²) in [6, 6.07) is 7.78. The fourth-order valence-electron chi connectivity index (χ4n) is 1.87. The van der Waals surface area contributed by atoms with Gasteiger partial charge in [0.15, 0.2) is 5.82 Å². The van der Waals surface area contributed by atoms with E-state index in [1.807, 2.05) is 31.2 Å². The molecule has 7 nitrogen and oxygen atoms in total. The molecule has 102 valence electrons. The summed E-state index contributed by atoms with van der Waals surface area (Å²) in [4.78, 5) is 15.7. The standard InChI is InChI=1S/C13H12N4O3/c1-8-4-3-5-10(6-8)12-14-11(19-16-12)7-17-9(2)15-20-13(17)18/h3-6H,7H2,1-2H3. The highest BCUT2D eigenvalue weighted by Crippen LogP contribution is 2.17. The van der Waals surface area contributed by atoms with E-state index in [9.17, 15) is 4.79 Å². The van der Waals surface area contributed by atoms with Crippen LogP contribution in [0.25, 0.3) is 11.4 Å². The van der Waals surface area contributed by atoms with Crippen LogP contribution in [0, 0.1) is 13.8 Å². The van der Waals surface area contributed by atoms with Gasteiger partial charge >= 0.3 is 5.76 Å². The third kappa shape index (κ3) is 2.25. The van der Waals surface area contributed by atoms with Crippen molar-refractivity contribution in [3.05, 3.63) is 52.1 Å². The molecule has 2 heterocycles. The van der Waals surface area contributed by atoms with Gasteiger partial charge < -0.3 is 4.52 Å². The monoisotopic (exact) mass is 272 g/mol. The average molecular weight is 272 g/mol. The zero-order chi connectivity index (χ0) is 14.1. The highest BCUT2D eigenvalue weighted by Gasteiger charge is 2.13. The van der Waals surface area contributed by atoms with Crippen molar-refractivity contribution in [2.45, 2.75) is 20.4 Å². The van der Waals surface area contributed by atoms with Crippen LogP contribution in [-0.2, 0) is 6.54 Å². The number of aromatic nitrogens is 4. The first kappa shape index (κ1) is 12.3. The molecule has 0 amide bonds. The van der Waals surface area contributed by atoms with E-state index in [1.54, 1.807) is 6.92 Å². The maximum atomic E-state index is 11.4. The van der Waals surface area contributed by atoms with Crippen LogP contribution < -0.4 is 5.76 Å². The highest BCUT2D eigenvalue weighted by molar-refractivity contribution is 5.55. The van der Waals surface area contributed by atoms with Crippen molar-refractivity contribution in [3.63, 3.8) is 0 Å². The summed E-state index contributed by atoms with van der Waals surface area (Å²) in [5, 5.41) is 7.49. The minimum Gasteiger partial charge on any atom is -0.337 e. The molecule has 0 aliphatic rings. The molecule has 3 aromatic rings. The van der Waals surface area contributed by atoms with Crippen LogP contribution in [0.5, 0.6) is 0 Å². The fourth-order valence-corrected chi connectivity index (χ4v) is 1.87. The number of hydrogen-bond donors (Lipinski definition) is 0. The molecular formula is C13H12N4O3. The van der Waals surface area contributed by atoms with Gasteiger partial charge in [-0.3, -0.25) is 9.09 Å². The summed E-state index contributed by atoms with van der Waals surface area (Å²) in [7, 11) is 0. The third-order valence-corrected chi connectivity index (χ3v) is 2.90. The first-order valence-corrected chi connectivity index (χ1v) is 6.06. The van der Waals surface area contributed by atoms with Gasteiger partial charge in [-0.1, -0.05) is 34.1 Å². The summed E-state index contributed by atoms with van der Waals surface area (Å²) in [6.07, 6.45) is 0. The van der Waals surface area contributed by atoms with E-state index in [0.29, 0.717) is 17.5 Å². The third-order valence-electron chi connectivity index (χ3n) is 2.90. The van der Waals surface area contributed by atoms with Gasteiger partial charge in [0, 0.05) is 5.56 Å². The van der Waals surface area contributed by atoms with E-state index in [0.717, 1.165) is 11.1 Å². The SMILES string of the molecule is Cc1cccc(-c2noc(Cn3c(C)noc3=O)n2)c1. The van der Waals surface area contributed by atoms with Crippen LogP contribution >= 0.6 is 0 Å². The molecule has 0 fully saturated rings. The predicted molar refractivity (Wildman–Crippen MR) is 69.1 cm³/mol.